The van der Waals surface area contributed by atoms with Crippen LogP contribution in [-0.4, -0.2) is 122 Å². The molecule has 0 spiro atoms. The zero-order valence-electron chi connectivity index (χ0n) is 34.0. The van der Waals surface area contributed by atoms with Crippen LogP contribution in [0.25, 0.3) is 0 Å². The number of benzene rings is 3. The number of alkyl halides is 1. The average molecular weight is 846 g/mol. The lowest BCUT2D eigenvalue weighted by Crippen LogP contribution is -2.49. The van der Waals surface area contributed by atoms with Gasteiger partial charge in [0.1, 0.15) is 11.2 Å². The Morgan fingerprint density at radius 1 is 0.527 bits per heavy atom. The molecule has 3 aromatic rings. The van der Waals surface area contributed by atoms with Gasteiger partial charge in [0, 0.05) is 97.0 Å². The van der Waals surface area contributed by atoms with E-state index in [4.69, 9.17) is 9.47 Å². The number of nitrogens with one attached hydrogen (secondary N) is 2. The molecule has 3 aliphatic heterocycles. The third-order valence-electron chi connectivity index (χ3n) is 8.50. The average Bonchev–Trinajstić information content (AvgIpc) is 3.16. The van der Waals surface area contributed by atoms with Gasteiger partial charge in [0.05, 0.1) is 0 Å². The summed E-state index contributed by atoms with van der Waals surface area (Å²) in [4.78, 5) is 31.9. The van der Waals surface area contributed by atoms with Crippen molar-refractivity contribution >= 4 is 40.5 Å². The highest BCUT2D eigenvalue weighted by Gasteiger charge is 2.26. The van der Waals surface area contributed by atoms with Gasteiger partial charge in [0.15, 0.2) is 0 Å². The van der Waals surface area contributed by atoms with Crippen LogP contribution in [0.15, 0.2) is 91.0 Å². The maximum Gasteiger partial charge on any atom is 0.410 e. The molecule has 2 N–H and O–H groups in total. The van der Waals surface area contributed by atoms with Gasteiger partial charge in [-0.1, -0.05) is 107 Å². The minimum atomic E-state index is -0.418. The Labute approximate surface area is 345 Å². The summed E-state index contributed by atoms with van der Waals surface area (Å²) < 4.78 is 10.6. The van der Waals surface area contributed by atoms with Crippen LogP contribution in [-0.2, 0) is 27.9 Å². The molecule has 0 saturated carbocycles. The van der Waals surface area contributed by atoms with E-state index < -0.39 is 5.60 Å². The van der Waals surface area contributed by atoms with E-state index >= 15 is 0 Å². The second-order valence-corrected chi connectivity index (χ2v) is 16.1. The van der Waals surface area contributed by atoms with Gasteiger partial charge in [0.2, 0.25) is 0 Å². The summed E-state index contributed by atoms with van der Waals surface area (Å²) in [5, 5.41) is 7.49. The zero-order valence-corrected chi connectivity index (χ0v) is 36.4. The number of ether oxygens (including phenoxy) is 2. The van der Waals surface area contributed by atoms with Crippen LogP contribution in [0.1, 0.15) is 58.2 Å². The lowest BCUT2D eigenvalue weighted by atomic mass is 10.2. The molecule has 2 amide bonds. The van der Waals surface area contributed by atoms with E-state index in [-0.39, 0.29) is 30.2 Å². The Kier molecular flexibility index (Phi) is 22.6. The number of rotatable bonds is 5. The topological polar surface area (TPSA) is 89.6 Å². The first kappa shape index (κ1) is 48.0. The number of amides is 2. The number of piperazine rings is 3. The highest BCUT2D eigenvalue weighted by atomic mass is 79.9. The molecule has 3 heterocycles. The highest BCUT2D eigenvalue weighted by Crippen LogP contribution is 2.14. The minimum absolute atomic E-state index is 0. The number of hydrogen-bond acceptors (Lipinski definition) is 8. The van der Waals surface area contributed by atoms with Crippen LogP contribution >= 0.6 is 28.3 Å². The van der Waals surface area contributed by atoms with E-state index in [0.29, 0.717) is 0 Å². The van der Waals surface area contributed by atoms with E-state index in [2.05, 4.69) is 103 Å². The van der Waals surface area contributed by atoms with Crippen molar-refractivity contribution in [3.8, 4) is 0 Å². The largest absolute Gasteiger partial charge is 0.444 e. The maximum atomic E-state index is 12.0. The second-order valence-electron chi connectivity index (χ2n) is 15.6. The van der Waals surface area contributed by atoms with Crippen molar-refractivity contribution in [1.82, 2.24) is 30.2 Å². The van der Waals surface area contributed by atoms with E-state index in [9.17, 15) is 9.59 Å². The Hall–Kier alpha value is -3.19. The molecule has 3 aliphatic rings. The minimum Gasteiger partial charge on any atom is -0.444 e. The molecule has 0 aliphatic carbocycles. The quantitative estimate of drug-likeness (QED) is 0.254. The predicted molar refractivity (Wildman–Crippen MR) is 231 cm³/mol. The van der Waals surface area contributed by atoms with Gasteiger partial charge in [-0.15, -0.1) is 12.4 Å². The Balaban J connectivity index is 0.000000264. The Morgan fingerprint density at radius 2 is 0.855 bits per heavy atom. The molecule has 0 atom stereocenters. The third kappa shape index (κ3) is 21.6. The molecule has 3 fully saturated rings. The van der Waals surface area contributed by atoms with Gasteiger partial charge in [0.25, 0.3) is 0 Å². The van der Waals surface area contributed by atoms with Crippen LogP contribution in [0.5, 0.6) is 0 Å². The lowest BCUT2D eigenvalue weighted by Gasteiger charge is -2.35. The van der Waals surface area contributed by atoms with E-state index in [1.807, 2.05) is 65.8 Å². The van der Waals surface area contributed by atoms with E-state index in [1.54, 1.807) is 9.80 Å². The first-order chi connectivity index (χ1) is 25.8. The van der Waals surface area contributed by atoms with Crippen molar-refractivity contribution in [2.24, 2.45) is 0 Å². The summed E-state index contributed by atoms with van der Waals surface area (Å²) in [6, 6.07) is 31.4. The van der Waals surface area contributed by atoms with Crippen LogP contribution in [0.2, 0.25) is 0 Å². The number of halogens is 2. The molecule has 12 heteroatoms. The second kappa shape index (κ2) is 25.9. The highest BCUT2D eigenvalue weighted by molar-refractivity contribution is 9.08. The summed E-state index contributed by atoms with van der Waals surface area (Å²) in [5.41, 5.74) is 3.26. The van der Waals surface area contributed by atoms with Crippen molar-refractivity contribution < 1.29 is 19.1 Å². The molecular formula is C43H66BrClN6O4. The first-order valence-electron chi connectivity index (χ1n) is 19.3. The summed E-state index contributed by atoms with van der Waals surface area (Å²) in [7, 11) is 0. The molecule has 0 radical (unpaired) electrons. The summed E-state index contributed by atoms with van der Waals surface area (Å²) in [6.45, 7) is 24.5. The van der Waals surface area contributed by atoms with Gasteiger partial charge >= 0.3 is 12.2 Å². The standard InChI is InChI=1S/C16H24N2O2.C11H16N2.C9H18N2O2.C7H7Br.ClH/c1-16(2,3)20-15(19)18-11-9-17(10-12-18)13-14-7-5-4-6-8-14;1-2-4-11(5-3-1)10-13-8-6-12-7-9-13;1-9(2,3)13-8(12)11-6-4-10-5-7-11;8-6-7-4-2-1-3-5-7;/h4-8H,9-13H2,1-3H3;1-5,12H,6-10H2;10H,4-7H2,1-3H3;1-5H,6H2;1H. The molecule has 0 unspecified atom stereocenters. The number of nitrogens with zero attached hydrogens (tertiary/aromatic N) is 4. The van der Waals surface area contributed by atoms with E-state index in [0.717, 1.165) is 83.9 Å². The molecule has 0 aromatic heterocycles. The molecule has 10 nitrogen and oxygen atoms in total. The van der Waals surface area contributed by atoms with Crippen molar-refractivity contribution in [3.63, 3.8) is 0 Å². The van der Waals surface area contributed by atoms with Crippen molar-refractivity contribution in [2.45, 2.75) is 71.2 Å². The van der Waals surface area contributed by atoms with Crippen molar-refractivity contribution in [1.29, 1.82) is 0 Å². The van der Waals surface area contributed by atoms with Crippen LogP contribution in [0, 0.1) is 0 Å². The fourth-order valence-electron chi connectivity index (χ4n) is 5.71. The molecule has 0 bridgehead atoms. The fourth-order valence-corrected chi connectivity index (χ4v) is 6.08. The van der Waals surface area contributed by atoms with E-state index in [1.165, 1.54) is 29.8 Å². The lowest BCUT2D eigenvalue weighted by molar-refractivity contribution is 0.0138. The number of carbonyl (C=O) groups excluding carboxylic acids is 2. The summed E-state index contributed by atoms with van der Waals surface area (Å²) >= 11 is 3.36. The van der Waals surface area contributed by atoms with Crippen molar-refractivity contribution in [2.75, 3.05) is 78.5 Å². The zero-order chi connectivity index (χ0) is 39.2. The predicted octanol–water partition coefficient (Wildman–Crippen LogP) is 7.66. The Morgan fingerprint density at radius 3 is 1.20 bits per heavy atom. The van der Waals surface area contributed by atoms with Crippen LogP contribution < -0.4 is 10.6 Å². The summed E-state index contributed by atoms with van der Waals surface area (Å²) in [5.74, 6) is 0. The van der Waals surface area contributed by atoms with Gasteiger partial charge < -0.3 is 29.9 Å². The van der Waals surface area contributed by atoms with Gasteiger partial charge in [-0.3, -0.25) is 9.80 Å². The molecule has 3 aromatic carbocycles. The molecule has 306 valence electrons. The summed E-state index contributed by atoms with van der Waals surface area (Å²) in [6.07, 6.45) is -0.397. The monoisotopic (exact) mass is 844 g/mol. The van der Waals surface area contributed by atoms with Crippen LogP contribution in [0.3, 0.4) is 0 Å². The molecular weight excluding hydrogens is 780 g/mol. The number of hydrogen-bond donors (Lipinski definition) is 2. The molecule has 3 saturated heterocycles. The smallest absolute Gasteiger partial charge is 0.410 e. The van der Waals surface area contributed by atoms with Crippen molar-refractivity contribution in [3.05, 3.63) is 108 Å². The third-order valence-corrected chi connectivity index (χ3v) is 9.14. The van der Waals surface area contributed by atoms with Gasteiger partial charge in [-0.2, -0.15) is 0 Å². The van der Waals surface area contributed by atoms with Gasteiger partial charge in [-0.05, 0) is 58.2 Å². The number of carbonyl (C=O) groups is 2. The SMILES string of the molecule is BrCc1ccccc1.CC(C)(C)OC(=O)N1CCN(Cc2ccccc2)CC1.CC(C)(C)OC(=O)N1CCNCC1.Cl.c1ccc(CN2CCNCC2)cc1. The van der Waals surface area contributed by atoms with Crippen LogP contribution in [0.4, 0.5) is 9.59 Å². The fraction of sp³-hybridized carbons (Fsp3) is 0.535. The van der Waals surface area contributed by atoms with Gasteiger partial charge in [-0.25, -0.2) is 9.59 Å². The Bertz CT molecular complexity index is 1440. The molecule has 6 rings (SSSR count). The first-order valence-corrected chi connectivity index (χ1v) is 20.4. The molecule has 55 heavy (non-hydrogen) atoms. The maximum absolute atomic E-state index is 12.0. The normalized spacial score (nSPS) is 16.3.